The van der Waals surface area contributed by atoms with Gasteiger partial charge in [-0.1, -0.05) is 0 Å². The van der Waals surface area contributed by atoms with Crippen LogP contribution in [0.3, 0.4) is 0 Å². The lowest BCUT2D eigenvalue weighted by atomic mass is 10.2. The molecule has 1 amide bonds. The Morgan fingerprint density at radius 3 is 2.69 bits per heavy atom. The zero-order valence-electron chi connectivity index (χ0n) is 10.3. The summed E-state index contributed by atoms with van der Waals surface area (Å²) in [5.74, 6) is -0.000733. The van der Waals surface area contributed by atoms with Crippen LogP contribution in [-0.4, -0.2) is 50.5 Å². The van der Waals surface area contributed by atoms with E-state index in [1.165, 1.54) is 0 Å². The highest BCUT2D eigenvalue weighted by atomic mass is 16.5. The molecule has 0 aromatic carbocycles. The number of methoxy groups -OCH3 is 1. The highest BCUT2D eigenvalue weighted by Gasteiger charge is 2.10. The van der Waals surface area contributed by atoms with E-state index in [-0.39, 0.29) is 18.6 Å². The Hall–Kier alpha value is -0.650. The molecule has 0 fully saturated rings. The number of hydrogen-bond donors (Lipinski definition) is 3. The molecule has 96 valence electrons. The summed E-state index contributed by atoms with van der Waals surface area (Å²) in [7, 11) is 1.61. The van der Waals surface area contributed by atoms with Crippen LogP contribution in [0, 0.1) is 0 Å². The summed E-state index contributed by atoms with van der Waals surface area (Å²) in [5.41, 5.74) is 0. The third kappa shape index (κ3) is 8.64. The van der Waals surface area contributed by atoms with Gasteiger partial charge in [0.25, 0.3) is 0 Å². The topological polar surface area (TPSA) is 70.6 Å². The molecule has 5 nitrogen and oxygen atoms in total. The van der Waals surface area contributed by atoms with Crippen molar-refractivity contribution >= 4 is 5.91 Å². The number of carbonyl (C=O) groups is 1. The first-order valence-corrected chi connectivity index (χ1v) is 5.83. The lowest BCUT2D eigenvalue weighted by Gasteiger charge is -2.13. The van der Waals surface area contributed by atoms with Crippen molar-refractivity contribution in [3.63, 3.8) is 0 Å². The predicted molar refractivity (Wildman–Crippen MR) is 63.3 cm³/mol. The van der Waals surface area contributed by atoms with E-state index in [0.29, 0.717) is 13.2 Å². The summed E-state index contributed by atoms with van der Waals surface area (Å²) < 4.78 is 4.84. The third-order valence-electron chi connectivity index (χ3n) is 2.28. The summed E-state index contributed by atoms with van der Waals surface area (Å²) in [6.45, 7) is 3.97. The third-order valence-corrected chi connectivity index (χ3v) is 2.28. The molecule has 0 radical (unpaired) electrons. The van der Waals surface area contributed by atoms with E-state index in [1.54, 1.807) is 7.11 Å². The second-order valence-electron chi connectivity index (χ2n) is 3.74. The van der Waals surface area contributed by atoms with Crippen molar-refractivity contribution in [1.82, 2.24) is 10.6 Å². The van der Waals surface area contributed by atoms with Gasteiger partial charge in [-0.2, -0.15) is 0 Å². The van der Waals surface area contributed by atoms with Gasteiger partial charge in [0.05, 0.1) is 12.6 Å². The first-order chi connectivity index (χ1) is 7.72. The molecule has 0 aromatic rings. The highest BCUT2D eigenvalue weighted by molar-refractivity contribution is 5.81. The van der Waals surface area contributed by atoms with Crippen molar-refractivity contribution in [3.8, 4) is 0 Å². The number of aliphatic hydroxyl groups excluding tert-OH is 1. The van der Waals surface area contributed by atoms with Gasteiger partial charge in [0.2, 0.25) is 5.91 Å². The van der Waals surface area contributed by atoms with E-state index in [9.17, 15) is 4.79 Å². The molecule has 0 saturated heterocycles. The first kappa shape index (κ1) is 15.3. The normalized spacial score (nSPS) is 12.4. The zero-order chi connectivity index (χ0) is 12.2. The number of rotatable bonds is 10. The maximum Gasteiger partial charge on any atom is 0.236 e. The molecule has 16 heavy (non-hydrogen) atoms. The molecule has 3 N–H and O–H groups in total. The molecule has 0 aliphatic rings. The average Bonchev–Trinajstić information content (AvgIpc) is 2.28. The number of amides is 1. The van der Waals surface area contributed by atoms with Gasteiger partial charge >= 0.3 is 0 Å². The van der Waals surface area contributed by atoms with Crippen LogP contribution in [0.1, 0.15) is 26.2 Å². The Balaban J connectivity index is 3.40. The lowest BCUT2D eigenvalue weighted by Crippen LogP contribution is -2.43. The van der Waals surface area contributed by atoms with Crippen molar-refractivity contribution in [2.75, 3.05) is 33.4 Å². The molecular weight excluding hydrogens is 208 g/mol. The molecule has 0 aliphatic heterocycles. The molecule has 0 bridgehead atoms. The Morgan fingerprint density at radius 1 is 1.31 bits per heavy atom. The first-order valence-electron chi connectivity index (χ1n) is 5.83. The minimum atomic E-state index is -0.175. The van der Waals surface area contributed by atoms with Crippen LogP contribution >= 0.6 is 0 Å². The van der Waals surface area contributed by atoms with Crippen molar-refractivity contribution in [2.45, 2.75) is 32.2 Å². The van der Waals surface area contributed by atoms with Gasteiger partial charge in [-0.15, -0.1) is 0 Å². The van der Waals surface area contributed by atoms with Crippen LogP contribution < -0.4 is 10.6 Å². The van der Waals surface area contributed by atoms with Crippen LogP contribution in [-0.2, 0) is 9.53 Å². The van der Waals surface area contributed by atoms with E-state index in [0.717, 1.165) is 25.8 Å². The summed E-state index contributed by atoms with van der Waals surface area (Å²) in [6, 6.07) is -0.175. The van der Waals surface area contributed by atoms with Crippen LogP contribution in [0.4, 0.5) is 0 Å². The Kier molecular flexibility index (Phi) is 10.4. The van der Waals surface area contributed by atoms with Gasteiger partial charge in [-0.25, -0.2) is 0 Å². The van der Waals surface area contributed by atoms with Gasteiger partial charge in [-0.05, 0) is 32.7 Å². The largest absolute Gasteiger partial charge is 0.396 e. The molecule has 0 rings (SSSR count). The quantitative estimate of drug-likeness (QED) is 0.460. The predicted octanol–water partition coefficient (Wildman–Crippen LogP) is -0.110. The summed E-state index contributed by atoms with van der Waals surface area (Å²) in [6.07, 6.45) is 2.80. The molecule has 0 aliphatic carbocycles. The molecule has 0 aromatic heterocycles. The monoisotopic (exact) mass is 232 g/mol. The zero-order valence-corrected chi connectivity index (χ0v) is 10.3. The fraction of sp³-hybridized carbons (Fsp3) is 0.909. The Morgan fingerprint density at radius 2 is 2.06 bits per heavy atom. The fourth-order valence-corrected chi connectivity index (χ4v) is 1.25. The number of hydrogen-bond acceptors (Lipinski definition) is 4. The minimum absolute atomic E-state index is 0.000733. The maximum atomic E-state index is 11.5. The molecule has 0 heterocycles. The van der Waals surface area contributed by atoms with E-state index >= 15 is 0 Å². The van der Waals surface area contributed by atoms with Gasteiger partial charge < -0.3 is 20.5 Å². The molecule has 0 spiro atoms. The minimum Gasteiger partial charge on any atom is -0.396 e. The average molecular weight is 232 g/mol. The second-order valence-corrected chi connectivity index (χ2v) is 3.74. The number of unbranched alkanes of at least 4 members (excludes halogenated alkanes) is 2. The molecule has 1 unspecified atom stereocenters. The lowest BCUT2D eigenvalue weighted by molar-refractivity contribution is -0.122. The highest BCUT2D eigenvalue weighted by Crippen LogP contribution is 1.93. The molecule has 5 heteroatoms. The Bertz CT molecular complexity index is 177. The van der Waals surface area contributed by atoms with Gasteiger partial charge in [0.1, 0.15) is 0 Å². The van der Waals surface area contributed by atoms with E-state index in [4.69, 9.17) is 9.84 Å². The van der Waals surface area contributed by atoms with E-state index in [1.807, 2.05) is 6.92 Å². The smallest absolute Gasteiger partial charge is 0.236 e. The van der Waals surface area contributed by atoms with Crippen LogP contribution in [0.5, 0.6) is 0 Å². The summed E-state index contributed by atoms with van der Waals surface area (Å²) >= 11 is 0. The van der Waals surface area contributed by atoms with Crippen LogP contribution in [0.2, 0.25) is 0 Å². The molecular formula is C11H24N2O3. The fourth-order valence-electron chi connectivity index (χ4n) is 1.25. The molecule has 0 saturated carbocycles. The van der Waals surface area contributed by atoms with Crippen molar-refractivity contribution in [3.05, 3.63) is 0 Å². The van der Waals surface area contributed by atoms with Crippen LogP contribution in [0.25, 0.3) is 0 Å². The Labute approximate surface area is 97.6 Å². The standard InChI is InChI=1S/C11H24N2O3/c1-10(11(15)13-7-9-16-2)12-6-4-3-5-8-14/h10,12,14H,3-9H2,1-2H3,(H,13,15). The second kappa shape index (κ2) is 10.9. The van der Waals surface area contributed by atoms with E-state index in [2.05, 4.69) is 10.6 Å². The van der Waals surface area contributed by atoms with Gasteiger partial charge in [-0.3, -0.25) is 4.79 Å². The van der Waals surface area contributed by atoms with E-state index < -0.39 is 0 Å². The number of nitrogens with one attached hydrogen (secondary N) is 2. The maximum absolute atomic E-state index is 11.5. The van der Waals surface area contributed by atoms with Gasteiger partial charge in [0.15, 0.2) is 0 Å². The SMILES string of the molecule is COCCNC(=O)C(C)NCCCCCO. The number of carbonyl (C=O) groups excluding carboxylic acids is 1. The number of ether oxygens (including phenoxy) is 1. The van der Waals surface area contributed by atoms with Crippen molar-refractivity contribution in [2.24, 2.45) is 0 Å². The van der Waals surface area contributed by atoms with Crippen LogP contribution in [0.15, 0.2) is 0 Å². The molecule has 1 atom stereocenters. The van der Waals surface area contributed by atoms with Gasteiger partial charge in [0, 0.05) is 20.3 Å². The summed E-state index contributed by atoms with van der Waals surface area (Å²) in [5, 5.41) is 14.5. The van der Waals surface area contributed by atoms with Crippen molar-refractivity contribution in [1.29, 1.82) is 0 Å². The number of aliphatic hydroxyl groups is 1. The van der Waals surface area contributed by atoms with Crippen molar-refractivity contribution < 1.29 is 14.6 Å². The summed E-state index contributed by atoms with van der Waals surface area (Å²) in [4.78, 5) is 11.5.